The second-order valence-electron chi connectivity index (χ2n) is 6.13. The van der Waals surface area contributed by atoms with Crippen LogP contribution in [0.1, 0.15) is 11.1 Å². The summed E-state index contributed by atoms with van der Waals surface area (Å²) < 4.78 is 36.0. The van der Waals surface area contributed by atoms with Crippen molar-refractivity contribution in [3.05, 3.63) is 53.6 Å². The third-order valence-electron chi connectivity index (χ3n) is 3.81. The molecule has 1 amide bonds. The molecule has 27 heavy (non-hydrogen) atoms. The monoisotopic (exact) mass is 392 g/mol. The zero-order valence-corrected chi connectivity index (χ0v) is 16.7. The minimum atomic E-state index is -3.70. The molecule has 2 aromatic rings. The lowest BCUT2D eigenvalue weighted by Crippen LogP contribution is -2.37. The fourth-order valence-corrected chi connectivity index (χ4v) is 3.46. The first-order chi connectivity index (χ1) is 12.7. The number of benzene rings is 2. The van der Waals surface area contributed by atoms with Crippen molar-refractivity contribution in [1.82, 2.24) is 0 Å². The molecule has 0 aliphatic rings. The summed E-state index contributed by atoms with van der Waals surface area (Å²) in [5.74, 6) is -0.0838. The Balaban J connectivity index is 2.26. The highest BCUT2D eigenvalue weighted by molar-refractivity contribution is 7.92. The number of anilines is 2. The third kappa shape index (κ3) is 5.70. The van der Waals surface area contributed by atoms with Crippen LogP contribution in [0.2, 0.25) is 0 Å². The fourth-order valence-electron chi connectivity index (χ4n) is 2.61. The number of sulfonamides is 1. The van der Waals surface area contributed by atoms with E-state index in [9.17, 15) is 13.2 Å². The van der Waals surface area contributed by atoms with Gasteiger partial charge < -0.3 is 14.8 Å². The molecule has 0 aromatic heterocycles. The maximum absolute atomic E-state index is 12.5. The van der Waals surface area contributed by atoms with Gasteiger partial charge in [0.2, 0.25) is 15.9 Å². The van der Waals surface area contributed by atoms with Crippen LogP contribution in [0, 0.1) is 6.92 Å². The molecular weight excluding hydrogens is 368 g/mol. The Morgan fingerprint density at radius 1 is 1.15 bits per heavy atom. The fraction of sp³-hybridized carbons (Fsp3) is 0.316. The third-order valence-corrected chi connectivity index (χ3v) is 4.94. The Labute approximate surface area is 160 Å². The van der Waals surface area contributed by atoms with Crippen LogP contribution in [0.5, 0.6) is 5.75 Å². The molecule has 0 bridgehead atoms. The normalized spacial score (nSPS) is 11.1. The molecule has 0 aliphatic heterocycles. The lowest BCUT2D eigenvalue weighted by Gasteiger charge is -2.24. The van der Waals surface area contributed by atoms with Crippen molar-refractivity contribution in [2.45, 2.75) is 13.5 Å². The van der Waals surface area contributed by atoms with E-state index in [0.29, 0.717) is 23.7 Å². The highest BCUT2D eigenvalue weighted by Gasteiger charge is 2.24. The van der Waals surface area contributed by atoms with Crippen LogP contribution < -0.4 is 14.4 Å². The summed E-state index contributed by atoms with van der Waals surface area (Å²) in [7, 11) is -0.657. The first kappa shape index (κ1) is 20.7. The van der Waals surface area contributed by atoms with Gasteiger partial charge in [-0.1, -0.05) is 18.2 Å². The smallest absolute Gasteiger partial charge is 0.245 e. The molecule has 0 unspecified atom stereocenters. The van der Waals surface area contributed by atoms with Gasteiger partial charge in [-0.15, -0.1) is 0 Å². The van der Waals surface area contributed by atoms with E-state index >= 15 is 0 Å². The van der Waals surface area contributed by atoms with Gasteiger partial charge in [0.05, 0.1) is 25.7 Å². The summed E-state index contributed by atoms with van der Waals surface area (Å²) in [5.41, 5.74) is 2.64. The molecule has 0 heterocycles. The molecule has 7 nitrogen and oxygen atoms in total. The van der Waals surface area contributed by atoms with Gasteiger partial charge in [0.1, 0.15) is 12.3 Å². The highest BCUT2D eigenvalue weighted by atomic mass is 32.2. The number of carbonyl (C=O) groups excluding carboxylic acids is 1. The Bertz CT molecular complexity index is 912. The maximum Gasteiger partial charge on any atom is 0.245 e. The lowest BCUT2D eigenvalue weighted by atomic mass is 10.2. The number of hydrogen-bond acceptors (Lipinski definition) is 5. The second-order valence-corrected chi connectivity index (χ2v) is 8.03. The molecule has 1 N–H and O–H groups in total. The largest absolute Gasteiger partial charge is 0.495 e. The summed E-state index contributed by atoms with van der Waals surface area (Å²) >= 11 is 0. The van der Waals surface area contributed by atoms with Gasteiger partial charge in [-0.25, -0.2) is 8.42 Å². The van der Waals surface area contributed by atoms with E-state index in [-0.39, 0.29) is 6.54 Å². The van der Waals surface area contributed by atoms with Crippen molar-refractivity contribution in [1.29, 1.82) is 0 Å². The highest BCUT2D eigenvalue weighted by Crippen LogP contribution is 2.31. The first-order valence-electron chi connectivity index (χ1n) is 8.24. The van der Waals surface area contributed by atoms with Crippen molar-refractivity contribution in [2.75, 3.05) is 36.6 Å². The van der Waals surface area contributed by atoms with Crippen molar-refractivity contribution in [3.63, 3.8) is 0 Å². The number of nitrogens with one attached hydrogen (secondary N) is 1. The van der Waals surface area contributed by atoms with Crippen LogP contribution in [-0.2, 0) is 26.2 Å². The molecule has 0 fully saturated rings. The number of amides is 1. The first-order valence-corrected chi connectivity index (χ1v) is 10.1. The topological polar surface area (TPSA) is 84.9 Å². The summed E-state index contributed by atoms with van der Waals surface area (Å²) in [6, 6.07) is 12.3. The van der Waals surface area contributed by atoms with Crippen LogP contribution in [0.25, 0.3) is 0 Å². The summed E-state index contributed by atoms with van der Waals surface area (Å²) in [4.78, 5) is 12.5. The average molecular weight is 392 g/mol. The molecule has 0 saturated carbocycles. The lowest BCUT2D eigenvalue weighted by molar-refractivity contribution is -0.114. The molecule has 146 valence electrons. The SMILES string of the molecule is COCc1cccc(NC(=O)CN(c2cc(C)ccc2OC)S(C)(=O)=O)c1. The van der Waals surface area contributed by atoms with Crippen molar-refractivity contribution in [3.8, 4) is 5.75 Å². The van der Waals surface area contributed by atoms with E-state index in [1.54, 1.807) is 37.4 Å². The molecule has 0 atom stereocenters. The standard InChI is InChI=1S/C19H24N2O5S/c1-14-8-9-18(26-3)17(10-14)21(27(4,23)24)12-19(22)20-16-7-5-6-15(11-16)13-25-2/h5-11H,12-13H2,1-4H3,(H,20,22). The molecule has 0 spiro atoms. The van der Waals surface area contributed by atoms with E-state index in [4.69, 9.17) is 9.47 Å². The minimum absolute atomic E-state index is 0.322. The van der Waals surface area contributed by atoms with Crippen LogP contribution in [-0.4, -0.2) is 41.3 Å². The number of nitrogens with zero attached hydrogens (tertiary/aromatic N) is 1. The van der Waals surface area contributed by atoms with E-state index in [1.807, 2.05) is 19.1 Å². The van der Waals surface area contributed by atoms with E-state index < -0.39 is 15.9 Å². The number of ether oxygens (including phenoxy) is 2. The molecule has 0 aliphatic carbocycles. The number of aryl methyl sites for hydroxylation is 1. The van der Waals surface area contributed by atoms with Gasteiger partial charge in [0.25, 0.3) is 0 Å². The Hall–Kier alpha value is -2.58. The summed E-state index contributed by atoms with van der Waals surface area (Å²) in [6.07, 6.45) is 1.06. The summed E-state index contributed by atoms with van der Waals surface area (Å²) in [6.45, 7) is 1.89. The second kappa shape index (κ2) is 8.88. The van der Waals surface area contributed by atoms with Gasteiger partial charge in [0, 0.05) is 12.8 Å². The number of hydrogen-bond donors (Lipinski definition) is 1. The predicted molar refractivity (Wildman–Crippen MR) is 106 cm³/mol. The zero-order chi connectivity index (χ0) is 20.0. The number of methoxy groups -OCH3 is 2. The van der Waals surface area contributed by atoms with E-state index in [1.165, 1.54) is 7.11 Å². The van der Waals surface area contributed by atoms with Crippen LogP contribution in [0.4, 0.5) is 11.4 Å². The molecule has 0 radical (unpaired) electrons. The molecule has 8 heteroatoms. The predicted octanol–water partition coefficient (Wildman–Crippen LogP) is 2.55. The van der Waals surface area contributed by atoms with Gasteiger partial charge in [0.15, 0.2) is 0 Å². The number of carbonyl (C=O) groups is 1. The minimum Gasteiger partial charge on any atom is -0.495 e. The Morgan fingerprint density at radius 2 is 1.89 bits per heavy atom. The quantitative estimate of drug-likeness (QED) is 0.746. The molecule has 2 rings (SSSR count). The maximum atomic E-state index is 12.5. The van der Waals surface area contributed by atoms with Crippen LogP contribution >= 0.6 is 0 Å². The number of rotatable bonds is 8. The Kier molecular flexibility index (Phi) is 6.81. The van der Waals surface area contributed by atoms with Crippen LogP contribution in [0.3, 0.4) is 0 Å². The molecule has 0 saturated heterocycles. The summed E-state index contributed by atoms with van der Waals surface area (Å²) in [5, 5.41) is 2.72. The van der Waals surface area contributed by atoms with E-state index in [0.717, 1.165) is 21.7 Å². The van der Waals surface area contributed by atoms with Crippen molar-refractivity contribution in [2.24, 2.45) is 0 Å². The average Bonchev–Trinajstić information content (AvgIpc) is 2.59. The molecular formula is C19H24N2O5S. The van der Waals surface area contributed by atoms with Gasteiger partial charge in [-0.3, -0.25) is 9.10 Å². The Morgan fingerprint density at radius 3 is 2.52 bits per heavy atom. The zero-order valence-electron chi connectivity index (χ0n) is 15.9. The van der Waals surface area contributed by atoms with E-state index in [2.05, 4.69) is 5.32 Å². The van der Waals surface area contributed by atoms with Crippen LogP contribution in [0.15, 0.2) is 42.5 Å². The van der Waals surface area contributed by atoms with Gasteiger partial charge in [-0.2, -0.15) is 0 Å². The van der Waals surface area contributed by atoms with Gasteiger partial charge in [-0.05, 0) is 42.3 Å². The van der Waals surface area contributed by atoms with Crippen molar-refractivity contribution < 1.29 is 22.7 Å². The molecule has 2 aromatic carbocycles. The van der Waals surface area contributed by atoms with Gasteiger partial charge >= 0.3 is 0 Å². The van der Waals surface area contributed by atoms with Crippen molar-refractivity contribution >= 4 is 27.3 Å².